The van der Waals surface area contributed by atoms with Gasteiger partial charge in [0.15, 0.2) is 0 Å². The summed E-state index contributed by atoms with van der Waals surface area (Å²) in [5.74, 6) is -2.20. The number of pyridine rings is 1. The van der Waals surface area contributed by atoms with Gasteiger partial charge in [0, 0.05) is 11.9 Å². The molecule has 0 bridgehead atoms. The van der Waals surface area contributed by atoms with Gasteiger partial charge in [0.1, 0.15) is 0 Å². The van der Waals surface area contributed by atoms with Crippen LogP contribution in [0.4, 0.5) is 0 Å². The first kappa shape index (κ1) is 11.1. The average Bonchev–Trinajstić information content (AvgIpc) is 2.06. The van der Waals surface area contributed by atoms with Crippen molar-refractivity contribution in [3.63, 3.8) is 0 Å². The molecule has 0 aromatic carbocycles. The van der Waals surface area contributed by atoms with Gasteiger partial charge in [-0.2, -0.15) is 0 Å². The van der Waals surface area contributed by atoms with Gasteiger partial charge < -0.3 is 11.5 Å². The van der Waals surface area contributed by atoms with E-state index < -0.39 is 11.8 Å². The van der Waals surface area contributed by atoms with Gasteiger partial charge >= 0.3 is 11.8 Å². The van der Waals surface area contributed by atoms with Gasteiger partial charge in [-0.25, -0.2) is 0 Å². The first-order chi connectivity index (χ1) is 6.04. The summed E-state index contributed by atoms with van der Waals surface area (Å²) < 4.78 is 0. The van der Waals surface area contributed by atoms with Crippen LogP contribution in [0, 0.1) is 6.92 Å². The van der Waals surface area contributed by atoms with E-state index >= 15 is 0 Å². The van der Waals surface area contributed by atoms with Crippen molar-refractivity contribution in [2.24, 2.45) is 11.5 Å². The molecule has 0 saturated heterocycles. The van der Waals surface area contributed by atoms with Crippen molar-refractivity contribution < 1.29 is 9.59 Å². The van der Waals surface area contributed by atoms with E-state index in [2.05, 4.69) is 16.5 Å². The molecule has 0 radical (unpaired) electrons. The Morgan fingerprint density at radius 3 is 1.92 bits per heavy atom. The lowest BCUT2D eigenvalue weighted by Gasteiger charge is -1.82. The first-order valence-electron chi connectivity index (χ1n) is 3.51. The highest BCUT2D eigenvalue weighted by molar-refractivity contribution is 6.33. The Hall–Kier alpha value is -1.91. The summed E-state index contributed by atoms with van der Waals surface area (Å²) in [5.41, 5.74) is 9.72. The van der Waals surface area contributed by atoms with E-state index in [-0.39, 0.29) is 0 Å². The van der Waals surface area contributed by atoms with Crippen LogP contribution in [0.25, 0.3) is 0 Å². The van der Waals surface area contributed by atoms with E-state index in [0.717, 1.165) is 5.69 Å². The SMILES string of the molecule is Cc1ccccn1.NC(=O)C(N)=O. The topological polar surface area (TPSA) is 99.1 Å². The lowest BCUT2D eigenvalue weighted by atomic mass is 10.4. The molecule has 0 saturated carbocycles. The van der Waals surface area contributed by atoms with Gasteiger partial charge in [0.05, 0.1) is 0 Å². The Balaban J connectivity index is 0.000000226. The van der Waals surface area contributed by atoms with Gasteiger partial charge in [-0.05, 0) is 19.1 Å². The number of aryl methyl sites for hydroxylation is 1. The number of hydrogen-bond donors (Lipinski definition) is 2. The number of aromatic nitrogens is 1. The Morgan fingerprint density at radius 2 is 1.77 bits per heavy atom. The quantitative estimate of drug-likeness (QED) is 0.520. The summed E-state index contributed by atoms with van der Waals surface area (Å²) in [7, 11) is 0. The summed E-state index contributed by atoms with van der Waals surface area (Å²) >= 11 is 0. The molecule has 1 aromatic heterocycles. The zero-order chi connectivity index (χ0) is 10.3. The van der Waals surface area contributed by atoms with Crippen molar-refractivity contribution in [2.75, 3.05) is 0 Å². The van der Waals surface area contributed by atoms with Crippen LogP contribution in [0.1, 0.15) is 5.69 Å². The van der Waals surface area contributed by atoms with E-state index in [0.29, 0.717) is 0 Å². The second-order valence-electron chi connectivity index (χ2n) is 2.20. The Morgan fingerprint density at radius 1 is 1.23 bits per heavy atom. The predicted octanol–water partition coefficient (Wildman–Crippen LogP) is -0.653. The van der Waals surface area contributed by atoms with Gasteiger partial charge in [-0.15, -0.1) is 0 Å². The summed E-state index contributed by atoms with van der Waals surface area (Å²) in [5, 5.41) is 0. The van der Waals surface area contributed by atoms with Crippen molar-refractivity contribution in [2.45, 2.75) is 6.92 Å². The maximum atomic E-state index is 9.45. The number of nitrogens with two attached hydrogens (primary N) is 2. The van der Waals surface area contributed by atoms with E-state index in [1.54, 1.807) is 6.20 Å². The van der Waals surface area contributed by atoms with Gasteiger partial charge in [-0.1, -0.05) is 6.07 Å². The Labute approximate surface area is 75.8 Å². The summed E-state index contributed by atoms with van der Waals surface area (Å²) in [4.78, 5) is 22.9. The van der Waals surface area contributed by atoms with E-state index in [1.165, 1.54) is 0 Å². The molecule has 0 fully saturated rings. The monoisotopic (exact) mass is 181 g/mol. The van der Waals surface area contributed by atoms with Gasteiger partial charge in [0.25, 0.3) is 0 Å². The van der Waals surface area contributed by atoms with Crippen molar-refractivity contribution in [3.8, 4) is 0 Å². The van der Waals surface area contributed by atoms with Crippen molar-refractivity contribution >= 4 is 11.8 Å². The minimum Gasteiger partial charge on any atom is -0.361 e. The molecule has 0 unspecified atom stereocenters. The van der Waals surface area contributed by atoms with E-state index in [4.69, 9.17) is 0 Å². The fourth-order valence-corrected chi connectivity index (χ4v) is 0.448. The Bertz CT molecular complexity index is 273. The fraction of sp³-hybridized carbons (Fsp3) is 0.125. The molecule has 0 aliphatic heterocycles. The smallest absolute Gasteiger partial charge is 0.306 e. The molecule has 1 aromatic rings. The third-order valence-electron chi connectivity index (χ3n) is 1.06. The van der Waals surface area contributed by atoms with Crippen molar-refractivity contribution in [1.82, 2.24) is 4.98 Å². The number of carbonyl (C=O) groups excluding carboxylic acids is 2. The van der Waals surface area contributed by atoms with Gasteiger partial charge in [-0.3, -0.25) is 14.6 Å². The largest absolute Gasteiger partial charge is 0.361 e. The highest BCUT2D eigenvalue weighted by atomic mass is 16.2. The maximum absolute atomic E-state index is 9.45. The Kier molecular flexibility index (Phi) is 4.87. The molecule has 0 aliphatic rings. The van der Waals surface area contributed by atoms with Crippen LogP contribution in [-0.2, 0) is 9.59 Å². The molecule has 2 amide bonds. The second kappa shape index (κ2) is 5.70. The minimum atomic E-state index is -1.10. The number of amides is 2. The number of nitrogens with zero attached hydrogens (tertiary/aromatic N) is 1. The van der Waals surface area contributed by atoms with Crippen LogP contribution in [0.15, 0.2) is 24.4 Å². The molecule has 70 valence electrons. The summed E-state index contributed by atoms with van der Waals surface area (Å²) in [6.07, 6.45) is 1.79. The molecule has 13 heavy (non-hydrogen) atoms. The highest BCUT2D eigenvalue weighted by Gasteiger charge is 1.96. The molecule has 0 atom stereocenters. The van der Waals surface area contributed by atoms with Crippen LogP contribution in [0.5, 0.6) is 0 Å². The third-order valence-corrected chi connectivity index (χ3v) is 1.06. The highest BCUT2D eigenvalue weighted by Crippen LogP contribution is 1.85. The average molecular weight is 181 g/mol. The van der Waals surface area contributed by atoms with Crippen LogP contribution >= 0.6 is 0 Å². The van der Waals surface area contributed by atoms with E-state index in [9.17, 15) is 9.59 Å². The summed E-state index contributed by atoms with van der Waals surface area (Å²) in [6.45, 7) is 1.97. The summed E-state index contributed by atoms with van der Waals surface area (Å²) in [6, 6.07) is 5.86. The van der Waals surface area contributed by atoms with Crippen molar-refractivity contribution in [3.05, 3.63) is 30.1 Å². The zero-order valence-corrected chi connectivity index (χ0v) is 7.23. The van der Waals surface area contributed by atoms with E-state index in [1.807, 2.05) is 25.1 Å². The predicted molar refractivity (Wildman–Crippen MR) is 47.4 cm³/mol. The molecular formula is C8H11N3O2. The molecule has 5 heteroatoms. The molecule has 0 spiro atoms. The fourth-order valence-electron chi connectivity index (χ4n) is 0.448. The van der Waals surface area contributed by atoms with Crippen LogP contribution in [-0.4, -0.2) is 16.8 Å². The lowest BCUT2D eigenvalue weighted by molar-refractivity contribution is -0.135. The molecule has 1 heterocycles. The normalized spacial score (nSPS) is 8.08. The number of primary amides is 2. The van der Waals surface area contributed by atoms with Crippen LogP contribution in [0.3, 0.4) is 0 Å². The van der Waals surface area contributed by atoms with Gasteiger partial charge in [0.2, 0.25) is 0 Å². The number of carbonyl (C=O) groups is 2. The van der Waals surface area contributed by atoms with Crippen molar-refractivity contribution in [1.29, 1.82) is 0 Å². The number of rotatable bonds is 0. The number of hydrogen-bond acceptors (Lipinski definition) is 3. The molecule has 4 N–H and O–H groups in total. The van der Waals surface area contributed by atoms with Crippen LogP contribution in [0.2, 0.25) is 0 Å². The molecular weight excluding hydrogens is 170 g/mol. The molecule has 1 rings (SSSR count). The standard InChI is InChI=1S/C6H7N.C2H4N2O2/c1-6-4-2-3-5-7-6;3-1(5)2(4)6/h2-5H,1H3;(H2,3,5)(H2,4,6). The minimum absolute atomic E-state index is 1.07. The molecule has 5 nitrogen and oxygen atoms in total. The third kappa shape index (κ3) is 6.49. The van der Waals surface area contributed by atoms with Crippen LogP contribution < -0.4 is 11.5 Å². The second-order valence-corrected chi connectivity index (χ2v) is 2.20. The zero-order valence-electron chi connectivity index (χ0n) is 7.23. The maximum Gasteiger partial charge on any atom is 0.306 e. The first-order valence-corrected chi connectivity index (χ1v) is 3.51. The molecule has 0 aliphatic carbocycles. The lowest BCUT2D eigenvalue weighted by Crippen LogP contribution is -2.29.